The van der Waals surface area contributed by atoms with Crippen LogP contribution in [0.25, 0.3) is 6.08 Å². The molecule has 1 aromatic heterocycles. The Morgan fingerprint density at radius 2 is 1.87 bits per heavy atom. The van der Waals surface area contributed by atoms with E-state index in [4.69, 9.17) is 14.5 Å². The number of aromatic nitrogens is 1. The van der Waals surface area contributed by atoms with Crippen LogP contribution in [0.5, 0.6) is 5.75 Å². The standard InChI is InChI=1S/C30H24BrFN2O4S/c1-3-23-26(29(36)37-2)27(18-9-5-4-6-10-18)34-28(35)25(39-30(34)33-23)16-20-15-21(31)13-14-24(20)38-17-19-11-7-8-12-22(19)32/h4-16,27H,3,17H2,1-2H3/b25-16-/t27-/m1/s1. The van der Waals surface area contributed by atoms with Crippen LogP contribution in [0.3, 0.4) is 0 Å². The highest BCUT2D eigenvalue weighted by molar-refractivity contribution is 9.10. The average Bonchev–Trinajstić information content (AvgIpc) is 3.26. The summed E-state index contributed by atoms with van der Waals surface area (Å²) in [6, 6.07) is 20.6. The Kier molecular flexibility index (Phi) is 7.90. The van der Waals surface area contributed by atoms with Gasteiger partial charge in [0.15, 0.2) is 4.80 Å². The summed E-state index contributed by atoms with van der Waals surface area (Å²) in [5, 5.41) is 0. The van der Waals surface area contributed by atoms with Crippen molar-refractivity contribution in [3.8, 4) is 5.75 Å². The van der Waals surface area contributed by atoms with Crippen LogP contribution in [0.1, 0.15) is 36.1 Å². The van der Waals surface area contributed by atoms with Crippen molar-refractivity contribution >= 4 is 39.3 Å². The second kappa shape index (κ2) is 11.5. The van der Waals surface area contributed by atoms with E-state index in [2.05, 4.69) is 15.9 Å². The van der Waals surface area contributed by atoms with E-state index < -0.39 is 12.0 Å². The predicted octanol–water partition coefficient (Wildman–Crippen LogP) is 5.28. The molecule has 0 saturated heterocycles. The van der Waals surface area contributed by atoms with Crippen molar-refractivity contribution in [3.63, 3.8) is 0 Å². The van der Waals surface area contributed by atoms with Crippen LogP contribution in [0.2, 0.25) is 0 Å². The van der Waals surface area contributed by atoms with Gasteiger partial charge >= 0.3 is 5.97 Å². The van der Waals surface area contributed by atoms with Gasteiger partial charge in [-0.1, -0.05) is 82.7 Å². The number of allylic oxidation sites excluding steroid dienone is 1. The van der Waals surface area contributed by atoms with Crippen LogP contribution in [-0.4, -0.2) is 17.6 Å². The maximum atomic E-state index is 14.2. The molecule has 1 aliphatic rings. The Labute approximate surface area is 236 Å². The Morgan fingerprint density at radius 3 is 2.59 bits per heavy atom. The number of rotatable bonds is 7. The summed E-state index contributed by atoms with van der Waals surface area (Å²) in [7, 11) is 1.33. The van der Waals surface area contributed by atoms with E-state index in [0.717, 1.165) is 10.0 Å². The van der Waals surface area contributed by atoms with Gasteiger partial charge in [-0.3, -0.25) is 9.36 Å². The first-order valence-electron chi connectivity index (χ1n) is 12.2. The zero-order valence-electron chi connectivity index (χ0n) is 21.2. The fourth-order valence-electron chi connectivity index (χ4n) is 4.49. The first-order valence-corrected chi connectivity index (χ1v) is 13.9. The van der Waals surface area contributed by atoms with Gasteiger partial charge in [-0.25, -0.2) is 14.2 Å². The molecule has 0 unspecified atom stereocenters. The van der Waals surface area contributed by atoms with Gasteiger partial charge in [0, 0.05) is 15.6 Å². The molecule has 39 heavy (non-hydrogen) atoms. The third-order valence-electron chi connectivity index (χ3n) is 6.37. The van der Waals surface area contributed by atoms with Gasteiger partial charge in [-0.05, 0) is 42.3 Å². The molecule has 0 bridgehead atoms. The number of nitrogens with zero attached hydrogens (tertiary/aromatic N) is 2. The van der Waals surface area contributed by atoms with Gasteiger partial charge in [0.2, 0.25) is 0 Å². The van der Waals surface area contributed by atoms with Crippen molar-refractivity contribution in [2.45, 2.75) is 26.0 Å². The molecule has 1 atom stereocenters. The molecule has 0 aliphatic carbocycles. The van der Waals surface area contributed by atoms with Crippen LogP contribution < -0.4 is 19.6 Å². The molecular weight excluding hydrogens is 583 g/mol. The van der Waals surface area contributed by atoms with Crippen molar-refractivity contribution in [2.75, 3.05) is 7.11 Å². The van der Waals surface area contributed by atoms with Crippen molar-refractivity contribution in [2.24, 2.45) is 4.99 Å². The van der Waals surface area contributed by atoms with E-state index in [1.807, 2.05) is 49.4 Å². The summed E-state index contributed by atoms with van der Waals surface area (Å²) in [4.78, 5) is 32.0. The highest BCUT2D eigenvalue weighted by atomic mass is 79.9. The fraction of sp³-hybridized carbons (Fsp3) is 0.167. The van der Waals surface area contributed by atoms with Gasteiger partial charge in [-0.15, -0.1) is 0 Å². The van der Waals surface area contributed by atoms with Crippen LogP contribution in [0, 0.1) is 5.82 Å². The van der Waals surface area contributed by atoms with E-state index in [1.54, 1.807) is 34.9 Å². The monoisotopic (exact) mass is 606 g/mol. The molecular formula is C30H24BrFN2O4S. The van der Waals surface area contributed by atoms with E-state index in [-0.39, 0.29) is 18.0 Å². The van der Waals surface area contributed by atoms with Gasteiger partial charge in [0.25, 0.3) is 5.56 Å². The van der Waals surface area contributed by atoms with E-state index in [1.165, 1.54) is 24.5 Å². The Hall–Kier alpha value is -3.82. The summed E-state index contributed by atoms with van der Waals surface area (Å²) in [5.41, 5.74) is 2.49. The number of carbonyl (C=O) groups excluding carboxylic acids is 1. The number of hydrogen-bond donors (Lipinski definition) is 0. The first kappa shape index (κ1) is 26.8. The van der Waals surface area contributed by atoms with Crippen molar-refractivity contribution in [1.29, 1.82) is 0 Å². The number of ether oxygens (including phenoxy) is 2. The second-order valence-electron chi connectivity index (χ2n) is 8.76. The Bertz CT molecular complexity index is 1760. The van der Waals surface area contributed by atoms with E-state index >= 15 is 0 Å². The number of fused-ring (bicyclic) bond motifs is 1. The molecule has 3 aromatic carbocycles. The predicted molar refractivity (Wildman–Crippen MR) is 152 cm³/mol. The third-order valence-corrected chi connectivity index (χ3v) is 7.84. The minimum absolute atomic E-state index is 0.0345. The van der Waals surface area contributed by atoms with Crippen molar-refractivity contribution in [3.05, 3.63) is 131 Å². The third kappa shape index (κ3) is 5.37. The van der Waals surface area contributed by atoms with Crippen LogP contribution in [0.4, 0.5) is 4.39 Å². The van der Waals surface area contributed by atoms with Gasteiger partial charge in [-0.2, -0.15) is 0 Å². The van der Waals surface area contributed by atoms with Gasteiger partial charge in [0.05, 0.1) is 29.0 Å². The number of hydrogen-bond acceptors (Lipinski definition) is 6. The van der Waals surface area contributed by atoms with Crippen LogP contribution >= 0.6 is 27.3 Å². The maximum absolute atomic E-state index is 14.2. The van der Waals surface area contributed by atoms with E-state index in [0.29, 0.717) is 43.9 Å². The quantitative estimate of drug-likeness (QED) is 0.268. The molecule has 0 amide bonds. The molecule has 5 rings (SSSR count). The Morgan fingerprint density at radius 1 is 1.13 bits per heavy atom. The van der Waals surface area contributed by atoms with Crippen molar-refractivity contribution in [1.82, 2.24) is 4.57 Å². The lowest BCUT2D eigenvalue weighted by molar-refractivity contribution is -0.136. The highest BCUT2D eigenvalue weighted by Crippen LogP contribution is 2.32. The maximum Gasteiger partial charge on any atom is 0.338 e. The molecule has 0 N–H and O–H groups in total. The second-order valence-corrected chi connectivity index (χ2v) is 10.7. The number of carbonyl (C=O) groups is 1. The summed E-state index contributed by atoms with van der Waals surface area (Å²) in [5.74, 6) is -0.371. The minimum Gasteiger partial charge on any atom is -0.488 e. The molecule has 198 valence electrons. The number of thiazole rings is 1. The molecule has 4 aromatic rings. The van der Waals surface area contributed by atoms with Crippen LogP contribution in [-0.2, 0) is 16.1 Å². The molecule has 0 radical (unpaired) electrons. The number of halogens is 2. The average molecular weight is 608 g/mol. The number of benzene rings is 3. The molecule has 0 saturated carbocycles. The molecule has 0 fully saturated rings. The Balaban J connectivity index is 1.64. The number of methoxy groups -OCH3 is 1. The van der Waals surface area contributed by atoms with Gasteiger partial charge in [0.1, 0.15) is 18.2 Å². The molecule has 2 heterocycles. The van der Waals surface area contributed by atoms with Crippen molar-refractivity contribution < 1.29 is 18.7 Å². The molecule has 6 nitrogen and oxygen atoms in total. The fourth-order valence-corrected chi connectivity index (χ4v) is 5.88. The highest BCUT2D eigenvalue weighted by Gasteiger charge is 2.33. The molecule has 1 aliphatic heterocycles. The minimum atomic E-state index is -0.675. The zero-order chi connectivity index (χ0) is 27.5. The lowest BCUT2D eigenvalue weighted by Crippen LogP contribution is -2.40. The summed E-state index contributed by atoms with van der Waals surface area (Å²) in [6.07, 6.45) is 2.24. The smallest absolute Gasteiger partial charge is 0.338 e. The molecule has 9 heteroatoms. The largest absolute Gasteiger partial charge is 0.488 e. The normalized spacial score (nSPS) is 15.1. The lowest BCUT2D eigenvalue weighted by atomic mass is 9.95. The van der Waals surface area contributed by atoms with E-state index in [9.17, 15) is 14.0 Å². The zero-order valence-corrected chi connectivity index (χ0v) is 23.6. The summed E-state index contributed by atoms with van der Waals surface area (Å²) < 4.78 is 28.0. The summed E-state index contributed by atoms with van der Waals surface area (Å²) in [6.45, 7) is 1.95. The number of esters is 1. The first-order chi connectivity index (χ1) is 18.9. The summed E-state index contributed by atoms with van der Waals surface area (Å²) >= 11 is 4.73. The van der Waals surface area contributed by atoms with Crippen LogP contribution in [0.15, 0.2) is 98.3 Å². The lowest BCUT2D eigenvalue weighted by Gasteiger charge is -2.25. The topological polar surface area (TPSA) is 69.9 Å². The molecule has 0 spiro atoms. The SMILES string of the molecule is CCC1=C(C(=O)OC)[C@@H](c2ccccc2)n2c(s/c(=C\c3cc(Br)ccc3OCc3ccccc3F)c2=O)=N1. The van der Waals surface area contributed by atoms with Gasteiger partial charge < -0.3 is 9.47 Å².